The first-order valence-corrected chi connectivity index (χ1v) is 25.2. The first-order chi connectivity index (χ1) is 37.8. The van der Waals surface area contributed by atoms with Gasteiger partial charge in [0.2, 0.25) is 0 Å². The van der Waals surface area contributed by atoms with Crippen LogP contribution in [0, 0.1) is 0 Å². The van der Waals surface area contributed by atoms with Crippen molar-refractivity contribution in [3.8, 4) is 0 Å². The van der Waals surface area contributed by atoms with Crippen molar-refractivity contribution in [1.29, 1.82) is 0 Å². The molecule has 15 nitrogen and oxygen atoms in total. The molecule has 0 aromatic heterocycles. The van der Waals surface area contributed by atoms with Crippen LogP contribution in [0.5, 0.6) is 0 Å². The van der Waals surface area contributed by atoms with Crippen molar-refractivity contribution in [3.05, 3.63) is 251 Å². The average Bonchev–Trinajstić information content (AvgIpc) is 3.52. The van der Waals surface area contributed by atoms with E-state index in [0.717, 1.165) is 16.7 Å². The Morgan fingerprint density at radius 2 is 0.727 bits per heavy atom. The first kappa shape index (κ1) is 53.9. The zero-order valence-corrected chi connectivity index (χ0v) is 42.1. The van der Waals surface area contributed by atoms with Gasteiger partial charge in [0, 0.05) is 7.11 Å². The van der Waals surface area contributed by atoms with E-state index < -0.39 is 91.9 Å². The third-order valence-electron chi connectivity index (χ3n) is 12.8. The van der Waals surface area contributed by atoms with Gasteiger partial charge in [-0.1, -0.05) is 164 Å². The SMILES string of the molecule is CO[C@H]1O[C@H](COCc2ccccc2)[C@@H](OCc2ccccc2)[C@H](OCc2ccccc2)[C@H]1O[C@@H]1O[C@H](COC(=O)c2ccccc2)[C@@H](OC(=O)c2ccccc2)[C@H](OC(=O)c2ccccc2)[C@H]1OC(=O)c1ccccc1. The van der Waals surface area contributed by atoms with Crippen molar-refractivity contribution in [2.75, 3.05) is 20.3 Å². The normalized spacial score (nSPS) is 23.0. The number of carbonyl (C=O) groups is 4. The predicted molar refractivity (Wildman–Crippen MR) is 279 cm³/mol. The number of hydrogen-bond acceptors (Lipinski definition) is 15. The van der Waals surface area contributed by atoms with Gasteiger partial charge in [-0.05, 0) is 65.2 Å². The van der Waals surface area contributed by atoms with Gasteiger partial charge in [-0.25, -0.2) is 19.2 Å². The van der Waals surface area contributed by atoms with E-state index in [1.54, 1.807) is 109 Å². The van der Waals surface area contributed by atoms with Crippen LogP contribution in [-0.4, -0.2) is 106 Å². The molecule has 9 rings (SSSR count). The Morgan fingerprint density at radius 3 is 1.18 bits per heavy atom. The minimum atomic E-state index is -1.74. The molecular formula is C62H58O15. The van der Waals surface area contributed by atoms with Crippen LogP contribution in [0.2, 0.25) is 0 Å². The summed E-state index contributed by atoms with van der Waals surface area (Å²) in [6, 6.07) is 61.4. The summed E-state index contributed by atoms with van der Waals surface area (Å²) in [5.41, 5.74) is 3.24. The van der Waals surface area contributed by atoms with Crippen LogP contribution in [0.1, 0.15) is 58.1 Å². The molecule has 7 aromatic rings. The van der Waals surface area contributed by atoms with Crippen LogP contribution in [0.3, 0.4) is 0 Å². The van der Waals surface area contributed by atoms with Crippen molar-refractivity contribution in [2.24, 2.45) is 0 Å². The second-order valence-corrected chi connectivity index (χ2v) is 18.1. The van der Waals surface area contributed by atoms with Gasteiger partial charge < -0.3 is 52.1 Å². The van der Waals surface area contributed by atoms with Crippen LogP contribution in [0.25, 0.3) is 0 Å². The molecule has 2 saturated heterocycles. The van der Waals surface area contributed by atoms with Crippen LogP contribution in [-0.2, 0) is 71.9 Å². The lowest BCUT2D eigenvalue weighted by Gasteiger charge is -2.49. The fourth-order valence-corrected chi connectivity index (χ4v) is 8.93. The van der Waals surface area contributed by atoms with Gasteiger partial charge in [0.05, 0.1) is 48.7 Å². The smallest absolute Gasteiger partial charge is 0.338 e. The minimum Gasteiger partial charge on any atom is -0.459 e. The Bertz CT molecular complexity index is 2920. The summed E-state index contributed by atoms with van der Waals surface area (Å²) in [4.78, 5) is 56.8. The van der Waals surface area contributed by atoms with Crippen LogP contribution >= 0.6 is 0 Å². The van der Waals surface area contributed by atoms with Crippen molar-refractivity contribution in [2.45, 2.75) is 81.2 Å². The molecule has 0 aliphatic carbocycles. The molecule has 2 fully saturated rings. The maximum atomic E-state index is 14.5. The summed E-state index contributed by atoms with van der Waals surface area (Å²) in [5, 5.41) is 0. The van der Waals surface area contributed by atoms with Gasteiger partial charge in [0.1, 0.15) is 37.1 Å². The van der Waals surface area contributed by atoms with E-state index in [-0.39, 0.29) is 48.7 Å². The van der Waals surface area contributed by atoms with Gasteiger partial charge in [-0.3, -0.25) is 0 Å². The molecule has 0 saturated carbocycles. The lowest BCUT2D eigenvalue weighted by Crippen LogP contribution is -2.67. The zero-order chi connectivity index (χ0) is 53.2. The molecular weight excluding hydrogens is 985 g/mol. The Hall–Kier alpha value is -7.86. The summed E-state index contributed by atoms with van der Waals surface area (Å²) in [5.74, 6) is -3.32. The number of rotatable bonds is 22. The van der Waals surface area contributed by atoms with Crippen LogP contribution < -0.4 is 0 Å². The van der Waals surface area contributed by atoms with E-state index in [1.165, 1.54) is 19.2 Å². The van der Waals surface area contributed by atoms with Crippen molar-refractivity contribution in [3.63, 3.8) is 0 Å². The fourth-order valence-electron chi connectivity index (χ4n) is 8.93. The molecule has 2 aliphatic heterocycles. The standard InChI is InChI=1S/C62H58O15/c1-67-61-55(53(70-39-44-27-13-4-14-28-44)51(69-38-43-25-11-3-12-26-43)49(72-61)40-68-37-42-23-9-2-10-24-42)77-62-56(76-60(66)48-35-21-8-22-36-48)54(75-59(65)47-33-19-7-20-34-47)52(74-58(64)46-31-17-6-18-32-46)50(73-62)41-71-57(63)45-29-15-5-16-30-45/h2-36,49-56,61-62H,37-41H2,1H3/t49-,50-,51-,52-,53+,54+,55-,56-,61+,62+/m1/s1. The summed E-state index contributed by atoms with van der Waals surface area (Å²) in [6.45, 7) is -0.0955. The summed E-state index contributed by atoms with van der Waals surface area (Å²) in [7, 11) is 1.44. The monoisotopic (exact) mass is 1040 g/mol. The van der Waals surface area contributed by atoms with Crippen LogP contribution in [0.15, 0.2) is 212 Å². The number of esters is 4. The molecule has 77 heavy (non-hydrogen) atoms. The van der Waals surface area contributed by atoms with Gasteiger partial charge in [-0.2, -0.15) is 0 Å². The predicted octanol–water partition coefficient (Wildman–Crippen LogP) is 9.39. The lowest BCUT2D eigenvalue weighted by atomic mass is 9.96. The lowest BCUT2D eigenvalue weighted by molar-refractivity contribution is -0.371. The molecule has 2 aliphatic rings. The van der Waals surface area contributed by atoms with Crippen LogP contribution in [0.4, 0.5) is 0 Å². The fraction of sp³-hybridized carbons (Fsp3) is 0.258. The summed E-state index contributed by atoms with van der Waals surface area (Å²) in [6.07, 6.45) is -13.6. The molecule has 2 heterocycles. The third kappa shape index (κ3) is 14.5. The molecule has 10 atom stereocenters. The first-order valence-electron chi connectivity index (χ1n) is 25.2. The van der Waals surface area contributed by atoms with E-state index in [4.69, 9.17) is 52.1 Å². The van der Waals surface area contributed by atoms with Crippen molar-refractivity contribution < 1.29 is 71.3 Å². The molecule has 396 valence electrons. The quantitative estimate of drug-likeness (QED) is 0.0464. The highest BCUT2D eigenvalue weighted by atomic mass is 16.8. The second kappa shape index (κ2) is 27.3. The third-order valence-corrected chi connectivity index (χ3v) is 12.8. The largest absolute Gasteiger partial charge is 0.459 e. The van der Waals surface area contributed by atoms with E-state index in [1.807, 2.05) is 91.0 Å². The molecule has 0 N–H and O–H groups in total. The highest BCUT2D eigenvalue weighted by Gasteiger charge is 2.57. The zero-order valence-electron chi connectivity index (χ0n) is 42.1. The van der Waals surface area contributed by atoms with Gasteiger partial charge in [0.25, 0.3) is 0 Å². The van der Waals surface area contributed by atoms with E-state index in [9.17, 15) is 19.2 Å². The average molecular weight is 1040 g/mol. The van der Waals surface area contributed by atoms with Crippen molar-refractivity contribution in [1.82, 2.24) is 0 Å². The maximum absolute atomic E-state index is 14.5. The molecule has 0 unspecified atom stereocenters. The minimum absolute atomic E-state index is 0.0319. The maximum Gasteiger partial charge on any atom is 0.338 e. The van der Waals surface area contributed by atoms with Gasteiger partial charge >= 0.3 is 23.9 Å². The highest BCUT2D eigenvalue weighted by Crippen LogP contribution is 2.37. The molecule has 0 spiro atoms. The Labute approximate surface area is 446 Å². The number of benzene rings is 7. The number of carbonyl (C=O) groups excluding carboxylic acids is 4. The van der Waals surface area contributed by atoms with Crippen molar-refractivity contribution >= 4 is 23.9 Å². The van der Waals surface area contributed by atoms with E-state index >= 15 is 0 Å². The van der Waals surface area contributed by atoms with Gasteiger partial charge in [-0.15, -0.1) is 0 Å². The number of ether oxygens (including phenoxy) is 11. The summed E-state index contributed by atoms with van der Waals surface area (Å²) >= 11 is 0. The molecule has 7 aromatic carbocycles. The molecule has 15 heteroatoms. The molecule has 0 bridgehead atoms. The van der Waals surface area contributed by atoms with E-state index in [0.29, 0.717) is 0 Å². The topological polar surface area (TPSA) is 170 Å². The Morgan fingerprint density at radius 1 is 0.364 bits per heavy atom. The highest BCUT2D eigenvalue weighted by molar-refractivity contribution is 5.91. The number of methoxy groups -OCH3 is 1. The van der Waals surface area contributed by atoms with E-state index in [2.05, 4.69) is 0 Å². The second-order valence-electron chi connectivity index (χ2n) is 18.1. The Balaban J connectivity index is 1.14. The Kier molecular flexibility index (Phi) is 19.1. The molecule has 0 radical (unpaired) electrons. The summed E-state index contributed by atoms with van der Waals surface area (Å²) < 4.78 is 71.8. The van der Waals surface area contributed by atoms with Gasteiger partial charge in [0.15, 0.2) is 30.9 Å². The molecule has 0 amide bonds. The number of hydrogen-bond donors (Lipinski definition) is 0.